The van der Waals surface area contributed by atoms with Crippen LogP contribution in [0.25, 0.3) is 16.9 Å². The minimum atomic E-state index is -0.956. The summed E-state index contributed by atoms with van der Waals surface area (Å²) in [5.74, 6) is -0.208. The third-order valence-corrected chi connectivity index (χ3v) is 3.24. The lowest BCUT2D eigenvalue weighted by molar-refractivity contribution is 0.0697. The number of carboxylic acid groups (broad SMARTS) is 1. The molecule has 1 aromatic heterocycles. The van der Waals surface area contributed by atoms with Gasteiger partial charge in [-0.15, -0.1) is 5.10 Å². The Hall–Kier alpha value is -3.15. The van der Waals surface area contributed by atoms with Gasteiger partial charge in [-0.05, 0) is 36.4 Å². The molecule has 6 heteroatoms. The highest BCUT2D eigenvalue weighted by atomic mass is 16.5. The quantitative estimate of drug-likeness (QED) is 0.800. The van der Waals surface area contributed by atoms with E-state index >= 15 is 0 Å². The van der Waals surface area contributed by atoms with Crippen molar-refractivity contribution in [1.82, 2.24) is 15.0 Å². The van der Waals surface area contributed by atoms with Gasteiger partial charge in [-0.2, -0.15) is 0 Å². The zero-order valence-electron chi connectivity index (χ0n) is 11.8. The summed E-state index contributed by atoms with van der Waals surface area (Å²) in [6, 6.07) is 14.0. The van der Waals surface area contributed by atoms with Crippen LogP contribution in [-0.2, 0) is 0 Å². The number of methoxy groups -OCH3 is 1. The van der Waals surface area contributed by atoms with Gasteiger partial charge in [0.15, 0.2) is 0 Å². The average Bonchev–Trinajstić information content (AvgIpc) is 3.05. The molecule has 1 heterocycles. The Labute approximate surface area is 126 Å². The summed E-state index contributed by atoms with van der Waals surface area (Å²) in [4.78, 5) is 10.9. The molecule has 0 unspecified atom stereocenters. The normalized spacial score (nSPS) is 10.4. The third-order valence-electron chi connectivity index (χ3n) is 3.24. The number of hydrogen-bond acceptors (Lipinski definition) is 4. The summed E-state index contributed by atoms with van der Waals surface area (Å²) in [5, 5.41) is 17.1. The first-order valence-electron chi connectivity index (χ1n) is 6.58. The smallest absolute Gasteiger partial charge is 0.335 e. The zero-order chi connectivity index (χ0) is 15.5. The van der Waals surface area contributed by atoms with Gasteiger partial charge in [0.05, 0.1) is 24.6 Å². The molecule has 0 radical (unpaired) electrons. The second kappa shape index (κ2) is 5.69. The fourth-order valence-electron chi connectivity index (χ4n) is 2.06. The van der Waals surface area contributed by atoms with Crippen molar-refractivity contribution in [2.75, 3.05) is 7.11 Å². The van der Waals surface area contributed by atoms with Crippen LogP contribution in [0.1, 0.15) is 10.4 Å². The van der Waals surface area contributed by atoms with E-state index in [1.807, 2.05) is 24.3 Å². The van der Waals surface area contributed by atoms with E-state index in [0.717, 1.165) is 17.0 Å². The molecule has 110 valence electrons. The van der Waals surface area contributed by atoms with E-state index in [2.05, 4.69) is 10.3 Å². The van der Waals surface area contributed by atoms with Gasteiger partial charge >= 0.3 is 5.97 Å². The van der Waals surface area contributed by atoms with Gasteiger partial charge in [0.25, 0.3) is 0 Å². The van der Waals surface area contributed by atoms with Gasteiger partial charge in [0, 0.05) is 5.56 Å². The first-order chi connectivity index (χ1) is 10.7. The summed E-state index contributed by atoms with van der Waals surface area (Å²) >= 11 is 0. The van der Waals surface area contributed by atoms with E-state index in [0.29, 0.717) is 5.69 Å². The Morgan fingerprint density at radius 3 is 2.64 bits per heavy atom. The highest BCUT2D eigenvalue weighted by Gasteiger charge is 2.07. The van der Waals surface area contributed by atoms with Crippen LogP contribution in [0.2, 0.25) is 0 Å². The van der Waals surface area contributed by atoms with Gasteiger partial charge in [-0.3, -0.25) is 0 Å². The third kappa shape index (κ3) is 2.67. The molecule has 0 aliphatic carbocycles. The minimum absolute atomic E-state index is 0.233. The number of aromatic nitrogens is 3. The first kappa shape index (κ1) is 13.8. The molecule has 22 heavy (non-hydrogen) atoms. The van der Waals surface area contributed by atoms with Gasteiger partial charge < -0.3 is 9.84 Å². The summed E-state index contributed by atoms with van der Waals surface area (Å²) in [5.41, 5.74) is 2.58. The van der Waals surface area contributed by atoms with Crippen LogP contribution < -0.4 is 4.74 Å². The largest absolute Gasteiger partial charge is 0.497 e. The number of rotatable bonds is 4. The molecule has 0 aliphatic heterocycles. The van der Waals surface area contributed by atoms with Crippen molar-refractivity contribution in [2.45, 2.75) is 0 Å². The lowest BCUT2D eigenvalue weighted by atomic mass is 10.1. The summed E-state index contributed by atoms with van der Waals surface area (Å²) in [7, 11) is 1.61. The molecule has 1 N–H and O–H groups in total. The zero-order valence-corrected chi connectivity index (χ0v) is 11.8. The van der Waals surface area contributed by atoms with Gasteiger partial charge in [-0.25, -0.2) is 9.48 Å². The van der Waals surface area contributed by atoms with Gasteiger partial charge in [0.1, 0.15) is 11.4 Å². The maximum Gasteiger partial charge on any atom is 0.335 e. The highest BCUT2D eigenvalue weighted by molar-refractivity contribution is 5.87. The molecule has 0 amide bonds. The molecule has 0 saturated heterocycles. The molecular weight excluding hydrogens is 282 g/mol. The van der Waals surface area contributed by atoms with Crippen molar-refractivity contribution in [3.05, 3.63) is 60.3 Å². The van der Waals surface area contributed by atoms with Crippen molar-refractivity contribution in [3.63, 3.8) is 0 Å². The average molecular weight is 295 g/mol. The number of benzene rings is 2. The van der Waals surface area contributed by atoms with E-state index in [1.54, 1.807) is 30.1 Å². The lowest BCUT2D eigenvalue weighted by Gasteiger charge is -2.01. The van der Waals surface area contributed by atoms with E-state index in [9.17, 15) is 4.79 Å². The minimum Gasteiger partial charge on any atom is -0.497 e. The van der Waals surface area contributed by atoms with Crippen LogP contribution in [0.5, 0.6) is 5.75 Å². The number of aromatic carboxylic acids is 1. The van der Waals surface area contributed by atoms with Gasteiger partial charge in [-0.1, -0.05) is 17.3 Å². The molecule has 0 bridgehead atoms. The number of nitrogens with zero attached hydrogens (tertiary/aromatic N) is 3. The van der Waals surface area contributed by atoms with Gasteiger partial charge in [0.2, 0.25) is 0 Å². The van der Waals surface area contributed by atoms with E-state index in [1.165, 1.54) is 12.1 Å². The fourth-order valence-corrected chi connectivity index (χ4v) is 2.06. The summed E-state index contributed by atoms with van der Waals surface area (Å²) in [6.45, 7) is 0. The van der Waals surface area contributed by atoms with Crippen molar-refractivity contribution >= 4 is 5.97 Å². The van der Waals surface area contributed by atoms with Crippen LogP contribution in [0.4, 0.5) is 0 Å². The van der Waals surface area contributed by atoms with E-state index in [4.69, 9.17) is 9.84 Å². The molecule has 0 aliphatic rings. The molecule has 3 aromatic rings. The molecule has 3 rings (SSSR count). The molecule has 2 aromatic carbocycles. The first-order valence-corrected chi connectivity index (χ1v) is 6.58. The fraction of sp³-hybridized carbons (Fsp3) is 0.0625. The second-order valence-electron chi connectivity index (χ2n) is 4.63. The number of carbonyl (C=O) groups is 1. The van der Waals surface area contributed by atoms with Crippen LogP contribution in [0, 0.1) is 0 Å². The summed E-state index contributed by atoms with van der Waals surface area (Å²) in [6.07, 6.45) is 1.78. The van der Waals surface area contributed by atoms with Crippen LogP contribution in [0.3, 0.4) is 0 Å². The van der Waals surface area contributed by atoms with Crippen LogP contribution in [-0.4, -0.2) is 33.2 Å². The van der Waals surface area contributed by atoms with Crippen LogP contribution >= 0.6 is 0 Å². The number of hydrogen-bond donors (Lipinski definition) is 1. The molecule has 6 nitrogen and oxygen atoms in total. The second-order valence-corrected chi connectivity index (χ2v) is 4.63. The maximum absolute atomic E-state index is 10.9. The standard InChI is InChI=1S/C16H13N3O3/c1-22-14-4-2-3-12(9-14)15-10-19(18-17-15)13-7-5-11(6-8-13)16(20)21/h2-10H,1H3,(H,20,21). The molecule has 0 saturated carbocycles. The summed E-state index contributed by atoms with van der Waals surface area (Å²) < 4.78 is 6.79. The Morgan fingerprint density at radius 1 is 1.18 bits per heavy atom. The van der Waals surface area contributed by atoms with E-state index in [-0.39, 0.29) is 5.56 Å². The molecular formula is C16H13N3O3. The molecule has 0 spiro atoms. The SMILES string of the molecule is COc1cccc(-c2cn(-c3ccc(C(=O)O)cc3)nn2)c1. The lowest BCUT2D eigenvalue weighted by Crippen LogP contribution is -1.98. The van der Waals surface area contributed by atoms with E-state index < -0.39 is 5.97 Å². The predicted octanol–water partition coefficient (Wildman–Crippen LogP) is 2.64. The Kier molecular flexibility index (Phi) is 3.57. The van der Waals surface area contributed by atoms with Crippen molar-refractivity contribution in [3.8, 4) is 22.7 Å². The Balaban J connectivity index is 1.91. The molecule has 0 atom stereocenters. The monoisotopic (exact) mass is 295 g/mol. The Morgan fingerprint density at radius 2 is 1.95 bits per heavy atom. The van der Waals surface area contributed by atoms with Crippen molar-refractivity contribution in [2.24, 2.45) is 0 Å². The highest BCUT2D eigenvalue weighted by Crippen LogP contribution is 2.22. The van der Waals surface area contributed by atoms with Crippen molar-refractivity contribution in [1.29, 1.82) is 0 Å². The Bertz CT molecular complexity index is 810. The maximum atomic E-state index is 10.9. The number of ether oxygens (including phenoxy) is 1. The molecule has 0 fully saturated rings. The topological polar surface area (TPSA) is 77.2 Å². The number of carboxylic acids is 1. The van der Waals surface area contributed by atoms with Crippen molar-refractivity contribution < 1.29 is 14.6 Å². The van der Waals surface area contributed by atoms with Crippen LogP contribution in [0.15, 0.2) is 54.7 Å². The predicted molar refractivity (Wildman–Crippen MR) is 80.3 cm³/mol.